The van der Waals surface area contributed by atoms with Crippen molar-refractivity contribution in [2.24, 2.45) is 0 Å². The van der Waals surface area contributed by atoms with Crippen molar-refractivity contribution in [2.45, 2.75) is 6.54 Å². The summed E-state index contributed by atoms with van der Waals surface area (Å²) in [6.45, 7) is 0.594. The monoisotopic (exact) mass is 217 g/mol. The number of halogens is 1. The lowest BCUT2D eigenvalue weighted by atomic mass is 10.2. The number of hydrogen-bond acceptors (Lipinski definition) is 2. The molecule has 15 heavy (non-hydrogen) atoms. The summed E-state index contributed by atoms with van der Waals surface area (Å²) in [7, 11) is 0. The predicted octanol–water partition coefficient (Wildman–Crippen LogP) is 2.46. The van der Waals surface area contributed by atoms with Crippen molar-refractivity contribution < 1.29 is 0 Å². The third-order valence-corrected chi connectivity index (χ3v) is 2.48. The zero-order valence-corrected chi connectivity index (χ0v) is 8.65. The van der Waals surface area contributed by atoms with E-state index < -0.39 is 0 Å². The smallest absolute Gasteiger partial charge is 0.120 e. The van der Waals surface area contributed by atoms with Gasteiger partial charge in [0.2, 0.25) is 0 Å². The lowest BCUT2D eigenvalue weighted by molar-refractivity contribution is 0.792. The number of rotatable bonds is 2. The molecule has 0 radical (unpaired) electrons. The number of hydrogen-bond donors (Lipinski definition) is 0. The summed E-state index contributed by atoms with van der Waals surface area (Å²) in [4.78, 5) is 3.91. The van der Waals surface area contributed by atoms with Crippen LogP contribution in [0.5, 0.6) is 0 Å². The Hall–Kier alpha value is -1.79. The minimum atomic E-state index is 0.594. The van der Waals surface area contributed by atoms with Gasteiger partial charge in [0.05, 0.1) is 5.02 Å². The first-order chi connectivity index (χ1) is 7.31. The second-order valence-electron chi connectivity index (χ2n) is 3.10. The number of nitrogens with zero attached hydrogens (tertiary/aromatic N) is 3. The first kappa shape index (κ1) is 9.75. The average Bonchev–Trinajstić information content (AvgIpc) is 2.69. The normalized spacial score (nSPS) is 9.87. The van der Waals surface area contributed by atoms with Gasteiger partial charge >= 0.3 is 0 Å². The van der Waals surface area contributed by atoms with Crippen LogP contribution in [0.15, 0.2) is 36.8 Å². The van der Waals surface area contributed by atoms with E-state index in [-0.39, 0.29) is 0 Å². The molecule has 0 aromatic carbocycles. The molecule has 0 saturated heterocycles. The predicted molar refractivity (Wildman–Crippen MR) is 57.5 cm³/mol. The Morgan fingerprint density at radius 3 is 3.07 bits per heavy atom. The molecule has 0 spiro atoms. The van der Waals surface area contributed by atoms with Gasteiger partial charge in [0.25, 0.3) is 0 Å². The summed E-state index contributed by atoms with van der Waals surface area (Å²) in [5, 5.41) is 9.46. The van der Waals surface area contributed by atoms with Gasteiger partial charge in [-0.05, 0) is 23.8 Å². The Balaban J connectivity index is 2.31. The second kappa shape index (κ2) is 4.16. The van der Waals surface area contributed by atoms with E-state index in [1.807, 2.05) is 22.9 Å². The molecular weight excluding hydrogens is 210 g/mol. The molecule has 2 heterocycles. The molecule has 0 fully saturated rings. The summed E-state index contributed by atoms with van der Waals surface area (Å²) < 4.78 is 1.85. The molecule has 2 aromatic heterocycles. The molecule has 0 atom stereocenters. The Morgan fingerprint density at radius 1 is 1.47 bits per heavy atom. The molecule has 0 N–H and O–H groups in total. The lowest BCUT2D eigenvalue weighted by Crippen LogP contribution is -2.01. The van der Waals surface area contributed by atoms with Crippen LogP contribution in [0.1, 0.15) is 11.3 Å². The molecule has 2 rings (SSSR count). The third-order valence-electron chi connectivity index (χ3n) is 2.14. The van der Waals surface area contributed by atoms with Crippen molar-refractivity contribution >= 4 is 11.6 Å². The molecule has 0 amide bonds. The summed E-state index contributed by atoms with van der Waals surface area (Å²) in [6, 6.07) is 7.58. The van der Waals surface area contributed by atoms with Gasteiger partial charge in [-0.2, -0.15) is 5.26 Å². The van der Waals surface area contributed by atoms with Gasteiger partial charge in [-0.1, -0.05) is 11.6 Å². The van der Waals surface area contributed by atoms with E-state index in [1.165, 1.54) is 0 Å². The minimum Gasteiger partial charge on any atom is -0.335 e. The Labute approximate surface area is 92.6 Å². The van der Waals surface area contributed by atoms with Gasteiger partial charge < -0.3 is 4.57 Å². The van der Waals surface area contributed by atoms with Crippen LogP contribution >= 0.6 is 11.6 Å². The number of aromatic nitrogens is 2. The standard InChI is InChI=1S/C11H8ClN3/c12-11-7-14-4-3-9(11)8-15-5-1-2-10(15)6-13/h1-5,7H,8H2. The highest BCUT2D eigenvalue weighted by Gasteiger charge is 2.03. The maximum Gasteiger partial charge on any atom is 0.120 e. The molecule has 0 saturated carbocycles. The first-order valence-electron chi connectivity index (χ1n) is 4.45. The van der Waals surface area contributed by atoms with Crippen molar-refractivity contribution in [3.05, 3.63) is 53.1 Å². The lowest BCUT2D eigenvalue weighted by Gasteiger charge is -2.05. The highest BCUT2D eigenvalue weighted by atomic mass is 35.5. The van der Waals surface area contributed by atoms with Gasteiger partial charge in [-0.15, -0.1) is 0 Å². The van der Waals surface area contributed by atoms with Crippen LogP contribution in [-0.2, 0) is 6.54 Å². The molecule has 0 unspecified atom stereocenters. The summed E-state index contributed by atoms with van der Waals surface area (Å²) in [6.07, 6.45) is 5.15. The minimum absolute atomic E-state index is 0.594. The zero-order valence-electron chi connectivity index (χ0n) is 7.89. The average molecular weight is 218 g/mol. The molecule has 0 aliphatic heterocycles. The Bertz CT molecular complexity index is 511. The van der Waals surface area contributed by atoms with Crippen LogP contribution in [-0.4, -0.2) is 9.55 Å². The van der Waals surface area contributed by atoms with E-state index in [0.717, 1.165) is 5.56 Å². The van der Waals surface area contributed by atoms with Gasteiger partial charge in [-0.3, -0.25) is 4.98 Å². The summed E-state index contributed by atoms with van der Waals surface area (Å²) in [5.41, 5.74) is 1.59. The molecule has 0 bridgehead atoms. The quantitative estimate of drug-likeness (QED) is 0.776. The third kappa shape index (κ3) is 2.00. The first-order valence-corrected chi connectivity index (χ1v) is 4.82. The van der Waals surface area contributed by atoms with Gasteiger partial charge in [0.1, 0.15) is 11.8 Å². The van der Waals surface area contributed by atoms with Gasteiger partial charge in [0.15, 0.2) is 0 Å². The molecule has 74 valence electrons. The van der Waals surface area contributed by atoms with E-state index >= 15 is 0 Å². The van der Waals surface area contributed by atoms with Crippen molar-refractivity contribution in [3.63, 3.8) is 0 Å². The Morgan fingerprint density at radius 2 is 2.33 bits per heavy atom. The van der Waals surface area contributed by atoms with E-state index in [2.05, 4.69) is 11.1 Å². The van der Waals surface area contributed by atoms with Crippen molar-refractivity contribution in [1.82, 2.24) is 9.55 Å². The van der Waals surface area contributed by atoms with E-state index in [0.29, 0.717) is 17.3 Å². The molecular formula is C11H8ClN3. The highest BCUT2D eigenvalue weighted by molar-refractivity contribution is 6.31. The summed E-state index contributed by atoms with van der Waals surface area (Å²) >= 11 is 5.98. The van der Waals surface area contributed by atoms with Gasteiger partial charge in [0, 0.05) is 25.1 Å². The van der Waals surface area contributed by atoms with Crippen LogP contribution in [0.4, 0.5) is 0 Å². The van der Waals surface area contributed by atoms with E-state index in [9.17, 15) is 0 Å². The summed E-state index contributed by atoms with van der Waals surface area (Å²) in [5.74, 6) is 0. The largest absolute Gasteiger partial charge is 0.335 e. The van der Waals surface area contributed by atoms with Crippen LogP contribution in [0.2, 0.25) is 5.02 Å². The zero-order chi connectivity index (χ0) is 10.7. The maximum absolute atomic E-state index is 8.84. The van der Waals surface area contributed by atoms with Crippen LogP contribution in [0.3, 0.4) is 0 Å². The van der Waals surface area contributed by atoms with Gasteiger partial charge in [-0.25, -0.2) is 0 Å². The SMILES string of the molecule is N#Cc1cccn1Cc1ccncc1Cl. The van der Waals surface area contributed by atoms with E-state index in [1.54, 1.807) is 18.5 Å². The second-order valence-corrected chi connectivity index (χ2v) is 3.51. The highest BCUT2D eigenvalue weighted by Crippen LogP contribution is 2.15. The fourth-order valence-electron chi connectivity index (χ4n) is 1.37. The molecule has 0 aliphatic rings. The topological polar surface area (TPSA) is 41.6 Å². The molecule has 0 aliphatic carbocycles. The van der Waals surface area contributed by atoms with Crippen LogP contribution in [0, 0.1) is 11.3 Å². The molecule has 3 nitrogen and oxygen atoms in total. The van der Waals surface area contributed by atoms with E-state index in [4.69, 9.17) is 16.9 Å². The fraction of sp³-hybridized carbons (Fsp3) is 0.0909. The number of pyridine rings is 1. The van der Waals surface area contributed by atoms with Crippen molar-refractivity contribution in [3.8, 4) is 6.07 Å². The molecule has 2 aromatic rings. The maximum atomic E-state index is 8.84. The van der Waals surface area contributed by atoms with Crippen molar-refractivity contribution in [2.75, 3.05) is 0 Å². The van der Waals surface area contributed by atoms with Crippen LogP contribution < -0.4 is 0 Å². The van der Waals surface area contributed by atoms with Crippen LogP contribution in [0.25, 0.3) is 0 Å². The fourth-order valence-corrected chi connectivity index (χ4v) is 1.55. The van der Waals surface area contributed by atoms with Crippen molar-refractivity contribution in [1.29, 1.82) is 5.26 Å². The Kier molecular flexibility index (Phi) is 2.70. The number of nitriles is 1. The molecule has 4 heteroatoms.